The second-order valence-electron chi connectivity index (χ2n) is 4.60. The van der Waals surface area contributed by atoms with Crippen LogP contribution < -0.4 is 20.2 Å². The molecule has 23 heavy (non-hydrogen) atoms. The van der Waals surface area contributed by atoms with Gasteiger partial charge in [0.25, 0.3) is 0 Å². The van der Waals surface area contributed by atoms with E-state index in [0.29, 0.717) is 23.2 Å². The van der Waals surface area contributed by atoms with Gasteiger partial charge in [-0.05, 0) is 29.9 Å². The van der Waals surface area contributed by atoms with Crippen LogP contribution in [0.3, 0.4) is 0 Å². The normalized spacial score (nSPS) is 10.3. The second-order valence-corrected chi connectivity index (χ2v) is 5.01. The Labute approximate surface area is 141 Å². The predicted octanol–water partition coefficient (Wildman–Crippen LogP) is 2.70. The predicted molar refractivity (Wildman–Crippen MR) is 96.2 cm³/mol. The number of hydrogen-bond donors (Lipinski definition) is 2. The van der Waals surface area contributed by atoms with Crippen LogP contribution in [0.1, 0.15) is 11.1 Å². The Morgan fingerprint density at radius 1 is 1.17 bits per heavy atom. The zero-order chi connectivity index (χ0) is 16.5. The van der Waals surface area contributed by atoms with Crippen molar-refractivity contribution in [1.82, 2.24) is 10.7 Å². The van der Waals surface area contributed by atoms with Crippen LogP contribution in [0.5, 0.6) is 11.5 Å². The van der Waals surface area contributed by atoms with Crippen molar-refractivity contribution < 1.29 is 9.47 Å². The van der Waals surface area contributed by atoms with Gasteiger partial charge in [-0.25, -0.2) is 0 Å². The summed E-state index contributed by atoms with van der Waals surface area (Å²) in [6, 6.07) is 15.6. The minimum Gasteiger partial charge on any atom is -0.493 e. The van der Waals surface area contributed by atoms with Crippen LogP contribution in [0.2, 0.25) is 0 Å². The Balaban J connectivity index is 2.16. The van der Waals surface area contributed by atoms with Crippen molar-refractivity contribution in [3.63, 3.8) is 0 Å². The molecule has 0 saturated heterocycles. The van der Waals surface area contributed by atoms with E-state index in [1.54, 1.807) is 20.4 Å². The van der Waals surface area contributed by atoms with Crippen LogP contribution in [-0.4, -0.2) is 25.5 Å². The second kappa shape index (κ2) is 8.75. The molecular formula is C17H19N3O2S. The van der Waals surface area contributed by atoms with Gasteiger partial charge in [-0.2, -0.15) is 5.10 Å². The van der Waals surface area contributed by atoms with Gasteiger partial charge in [0.1, 0.15) is 6.61 Å². The van der Waals surface area contributed by atoms with Crippen LogP contribution in [0.15, 0.2) is 53.6 Å². The van der Waals surface area contributed by atoms with E-state index >= 15 is 0 Å². The van der Waals surface area contributed by atoms with Gasteiger partial charge in [0, 0.05) is 12.6 Å². The molecule has 0 aliphatic heterocycles. The summed E-state index contributed by atoms with van der Waals surface area (Å²) in [5.41, 5.74) is 4.59. The molecule has 0 aliphatic carbocycles. The van der Waals surface area contributed by atoms with E-state index in [2.05, 4.69) is 15.8 Å². The fourth-order valence-corrected chi connectivity index (χ4v) is 1.95. The summed E-state index contributed by atoms with van der Waals surface area (Å²) >= 11 is 4.98. The van der Waals surface area contributed by atoms with Crippen molar-refractivity contribution in [2.45, 2.75) is 6.61 Å². The lowest BCUT2D eigenvalue weighted by molar-refractivity contribution is 0.284. The molecule has 0 radical (unpaired) electrons. The van der Waals surface area contributed by atoms with Crippen LogP contribution >= 0.6 is 12.2 Å². The maximum absolute atomic E-state index is 5.94. The number of nitrogens with zero attached hydrogens (tertiary/aromatic N) is 1. The molecule has 0 heterocycles. The fraction of sp³-hybridized carbons (Fsp3) is 0.176. The number of rotatable bonds is 6. The number of hydrazone groups is 1. The molecule has 2 aromatic carbocycles. The highest BCUT2D eigenvalue weighted by molar-refractivity contribution is 7.80. The van der Waals surface area contributed by atoms with Gasteiger partial charge < -0.3 is 14.8 Å². The highest BCUT2D eigenvalue weighted by atomic mass is 32.1. The first-order valence-corrected chi connectivity index (χ1v) is 7.50. The molecule has 0 fully saturated rings. The maximum atomic E-state index is 5.94. The topological polar surface area (TPSA) is 54.9 Å². The number of para-hydroxylation sites is 1. The third-order valence-electron chi connectivity index (χ3n) is 3.05. The molecule has 6 heteroatoms. The van der Waals surface area contributed by atoms with E-state index in [-0.39, 0.29) is 0 Å². The molecule has 2 aromatic rings. The third kappa shape index (κ3) is 4.96. The smallest absolute Gasteiger partial charge is 0.186 e. The Morgan fingerprint density at radius 3 is 2.65 bits per heavy atom. The lowest BCUT2D eigenvalue weighted by atomic mass is 10.2. The standard InChI is InChI=1S/C17H19N3O2S/c1-18-17(23)20-19-11-14-9-6-10-15(21-2)16(14)22-12-13-7-4-3-5-8-13/h3-11H,12H2,1-2H3,(H2,18,20,23). The summed E-state index contributed by atoms with van der Waals surface area (Å²) < 4.78 is 11.3. The molecule has 5 nitrogen and oxygen atoms in total. The molecule has 2 rings (SSSR count). The zero-order valence-electron chi connectivity index (χ0n) is 13.1. The quantitative estimate of drug-likeness (QED) is 0.485. The van der Waals surface area contributed by atoms with Gasteiger partial charge in [-0.15, -0.1) is 0 Å². The lowest BCUT2D eigenvalue weighted by Gasteiger charge is -2.13. The number of thiocarbonyl (C=S) groups is 1. The van der Waals surface area contributed by atoms with Crippen LogP contribution in [0, 0.1) is 0 Å². The van der Waals surface area contributed by atoms with Crippen LogP contribution in [-0.2, 0) is 6.61 Å². The van der Waals surface area contributed by atoms with Crippen LogP contribution in [0.4, 0.5) is 0 Å². The van der Waals surface area contributed by atoms with Gasteiger partial charge in [-0.3, -0.25) is 5.43 Å². The summed E-state index contributed by atoms with van der Waals surface area (Å²) in [4.78, 5) is 0. The summed E-state index contributed by atoms with van der Waals surface area (Å²) in [6.07, 6.45) is 1.65. The highest BCUT2D eigenvalue weighted by Crippen LogP contribution is 2.30. The Hall–Kier alpha value is -2.60. The minimum atomic E-state index is 0.441. The molecular weight excluding hydrogens is 310 g/mol. The molecule has 0 unspecified atom stereocenters. The molecule has 0 amide bonds. The molecule has 0 atom stereocenters. The number of benzene rings is 2. The first-order valence-electron chi connectivity index (χ1n) is 7.09. The lowest BCUT2D eigenvalue weighted by Crippen LogP contribution is -2.28. The molecule has 120 valence electrons. The molecule has 0 spiro atoms. The van der Waals surface area contributed by atoms with Crippen molar-refractivity contribution in [3.8, 4) is 11.5 Å². The van der Waals surface area contributed by atoms with E-state index in [1.165, 1.54) is 0 Å². The van der Waals surface area contributed by atoms with Gasteiger partial charge in [0.05, 0.1) is 13.3 Å². The van der Waals surface area contributed by atoms with E-state index < -0.39 is 0 Å². The molecule has 2 N–H and O–H groups in total. The van der Waals surface area contributed by atoms with Crippen LogP contribution in [0.25, 0.3) is 0 Å². The fourth-order valence-electron chi connectivity index (χ4n) is 1.90. The SMILES string of the molecule is CNC(=S)NN=Cc1cccc(OC)c1OCc1ccccc1. The van der Waals surface area contributed by atoms with E-state index in [0.717, 1.165) is 11.1 Å². The summed E-state index contributed by atoms with van der Waals surface area (Å²) in [7, 11) is 3.34. The summed E-state index contributed by atoms with van der Waals surface area (Å²) in [5, 5.41) is 7.32. The zero-order valence-corrected chi connectivity index (χ0v) is 13.9. The number of hydrogen-bond acceptors (Lipinski definition) is 4. The highest BCUT2D eigenvalue weighted by Gasteiger charge is 2.09. The summed E-state index contributed by atoms with van der Waals surface area (Å²) in [6.45, 7) is 0.449. The molecule has 0 bridgehead atoms. The Morgan fingerprint density at radius 2 is 1.96 bits per heavy atom. The molecule has 0 aliphatic rings. The van der Waals surface area contributed by atoms with Crippen molar-refractivity contribution in [2.75, 3.05) is 14.2 Å². The first-order chi connectivity index (χ1) is 11.2. The van der Waals surface area contributed by atoms with E-state index in [1.807, 2.05) is 48.5 Å². The van der Waals surface area contributed by atoms with Crippen molar-refractivity contribution in [3.05, 3.63) is 59.7 Å². The van der Waals surface area contributed by atoms with Crippen molar-refractivity contribution in [2.24, 2.45) is 5.10 Å². The number of ether oxygens (including phenoxy) is 2. The van der Waals surface area contributed by atoms with E-state index in [9.17, 15) is 0 Å². The largest absolute Gasteiger partial charge is 0.493 e. The first kappa shape index (κ1) is 16.8. The molecule has 0 aromatic heterocycles. The monoisotopic (exact) mass is 329 g/mol. The third-order valence-corrected chi connectivity index (χ3v) is 3.35. The van der Waals surface area contributed by atoms with Gasteiger partial charge in [0.15, 0.2) is 16.6 Å². The maximum Gasteiger partial charge on any atom is 0.186 e. The Bertz CT molecular complexity index is 675. The van der Waals surface area contributed by atoms with Gasteiger partial charge in [0.2, 0.25) is 0 Å². The number of methoxy groups -OCH3 is 1. The minimum absolute atomic E-state index is 0.441. The van der Waals surface area contributed by atoms with Crippen molar-refractivity contribution >= 4 is 23.5 Å². The number of nitrogens with one attached hydrogen (secondary N) is 2. The molecule has 0 saturated carbocycles. The van der Waals surface area contributed by atoms with Gasteiger partial charge >= 0.3 is 0 Å². The average molecular weight is 329 g/mol. The summed E-state index contributed by atoms with van der Waals surface area (Å²) in [5.74, 6) is 1.29. The van der Waals surface area contributed by atoms with E-state index in [4.69, 9.17) is 21.7 Å². The van der Waals surface area contributed by atoms with Gasteiger partial charge in [-0.1, -0.05) is 36.4 Å². The average Bonchev–Trinajstić information content (AvgIpc) is 2.60. The Kier molecular flexibility index (Phi) is 6.38. The van der Waals surface area contributed by atoms with Crippen molar-refractivity contribution in [1.29, 1.82) is 0 Å².